The second kappa shape index (κ2) is 6.71. The number of carbonyl (C=O) groups is 1. The molecule has 4 nitrogen and oxygen atoms in total. The van der Waals surface area contributed by atoms with E-state index in [0.29, 0.717) is 0 Å². The van der Waals surface area contributed by atoms with Crippen LogP contribution in [0.4, 0.5) is 0 Å². The molecular formula is C15H29N3O. The van der Waals surface area contributed by atoms with Gasteiger partial charge in [-0.15, -0.1) is 0 Å². The first-order chi connectivity index (χ1) is 9.10. The van der Waals surface area contributed by atoms with Crippen molar-refractivity contribution in [3.05, 3.63) is 0 Å². The summed E-state index contributed by atoms with van der Waals surface area (Å²) in [7, 11) is 0. The fraction of sp³-hybridized carbons (Fsp3) is 0.933. The van der Waals surface area contributed by atoms with Gasteiger partial charge >= 0.3 is 0 Å². The van der Waals surface area contributed by atoms with Crippen molar-refractivity contribution in [3.63, 3.8) is 0 Å². The van der Waals surface area contributed by atoms with Gasteiger partial charge in [0.1, 0.15) is 0 Å². The van der Waals surface area contributed by atoms with Crippen molar-refractivity contribution in [2.24, 2.45) is 11.3 Å². The van der Waals surface area contributed by atoms with E-state index in [1.807, 2.05) is 0 Å². The third-order valence-electron chi connectivity index (χ3n) is 4.74. The molecule has 0 saturated carbocycles. The first kappa shape index (κ1) is 14.8. The van der Waals surface area contributed by atoms with Gasteiger partial charge in [0.05, 0.1) is 5.41 Å². The van der Waals surface area contributed by atoms with Crippen LogP contribution in [-0.2, 0) is 4.79 Å². The highest BCUT2D eigenvalue weighted by molar-refractivity contribution is 5.82. The summed E-state index contributed by atoms with van der Waals surface area (Å²) >= 11 is 0. The van der Waals surface area contributed by atoms with Crippen LogP contribution in [0.2, 0.25) is 0 Å². The number of hydrogen-bond acceptors (Lipinski definition) is 3. The third-order valence-corrected chi connectivity index (χ3v) is 4.74. The highest BCUT2D eigenvalue weighted by Gasteiger charge is 2.34. The first-order valence-electron chi connectivity index (χ1n) is 7.81. The lowest BCUT2D eigenvalue weighted by molar-refractivity contribution is -0.131. The molecule has 110 valence electrons. The number of nitrogens with zero attached hydrogens (tertiary/aromatic N) is 1. The molecule has 0 aromatic rings. The van der Waals surface area contributed by atoms with Crippen molar-refractivity contribution in [3.8, 4) is 0 Å². The molecule has 0 aromatic carbocycles. The molecule has 2 saturated heterocycles. The molecule has 0 bridgehead atoms. The van der Waals surface area contributed by atoms with Crippen LogP contribution < -0.4 is 10.6 Å². The SMILES string of the molecule is CC1CCN(CCNC(=O)C2(C)CCCNC2)CC1. The number of nitrogens with one attached hydrogen (secondary N) is 2. The summed E-state index contributed by atoms with van der Waals surface area (Å²) in [6, 6.07) is 0. The zero-order valence-corrected chi connectivity index (χ0v) is 12.5. The molecule has 1 unspecified atom stereocenters. The fourth-order valence-corrected chi connectivity index (χ4v) is 3.08. The van der Waals surface area contributed by atoms with Crippen molar-refractivity contribution in [2.45, 2.75) is 39.5 Å². The number of carbonyl (C=O) groups excluding carboxylic acids is 1. The number of amides is 1. The number of hydrogen-bond donors (Lipinski definition) is 2. The van der Waals surface area contributed by atoms with Crippen LogP contribution in [0.1, 0.15) is 39.5 Å². The second-order valence-electron chi connectivity index (χ2n) is 6.62. The molecule has 0 spiro atoms. The Morgan fingerprint density at radius 2 is 2.16 bits per heavy atom. The lowest BCUT2D eigenvalue weighted by Crippen LogP contribution is -2.50. The molecule has 2 aliphatic heterocycles. The van der Waals surface area contributed by atoms with Crippen molar-refractivity contribution in [1.82, 2.24) is 15.5 Å². The van der Waals surface area contributed by atoms with Crippen molar-refractivity contribution >= 4 is 5.91 Å². The summed E-state index contributed by atoms with van der Waals surface area (Å²) in [5, 5.41) is 6.46. The fourth-order valence-electron chi connectivity index (χ4n) is 3.08. The van der Waals surface area contributed by atoms with Crippen LogP contribution in [0.5, 0.6) is 0 Å². The Bertz CT molecular complexity index is 292. The summed E-state index contributed by atoms with van der Waals surface area (Å²) in [5.41, 5.74) is -0.200. The lowest BCUT2D eigenvalue weighted by atomic mass is 9.82. The average Bonchev–Trinajstić information content (AvgIpc) is 2.42. The van der Waals surface area contributed by atoms with Crippen LogP contribution in [0.15, 0.2) is 0 Å². The normalized spacial score (nSPS) is 30.2. The lowest BCUT2D eigenvalue weighted by Gasteiger charge is -2.33. The van der Waals surface area contributed by atoms with Crippen molar-refractivity contribution in [1.29, 1.82) is 0 Å². The van der Waals surface area contributed by atoms with Crippen LogP contribution >= 0.6 is 0 Å². The largest absolute Gasteiger partial charge is 0.354 e. The van der Waals surface area contributed by atoms with Gasteiger partial charge in [-0.2, -0.15) is 0 Å². The van der Waals surface area contributed by atoms with Gasteiger partial charge in [-0.05, 0) is 58.2 Å². The highest BCUT2D eigenvalue weighted by atomic mass is 16.2. The zero-order valence-electron chi connectivity index (χ0n) is 12.5. The molecule has 1 amide bonds. The van der Waals surface area contributed by atoms with Crippen LogP contribution in [0.3, 0.4) is 0 Å². The third kappa shape index (κ3) is 4.18. The van der Waals surface area contributed by atoms with E-state index in [4.69, 9.17) is 0 Å². The number of rotatable bonds is 4. The van der Waals surface area contributed by atoms with Crippen LogP contribution in [0, 0.1) is 11.3 Å². The molecule has 2 rings (SSSR count). The number of piperidine rings is 2. The van der Waals surface area contributed by atoms with Gasteiger partial charge in [0.25, 0.3) is 0 Å². The van der Waals surface area contributed by atoms with Gasteiger partial charge in [0.2, 0.25) is 5.91 Å². The van der Waals surface area contributed by atoms with Gasteiger partial charge < -0.3 is 15.5 Å². The monoisotopic (exact) mass is 267 g/mol. The molecule has 2 N–H and O–H groups in total. The van der Waals surface area contributed by atoms with E-state index < -0.39 is 0 Å². The maximum atomic E-state index is 12.2. The average molecular weight is 267 g/mol. The Kier molecular flexibility index (Phi) is 5.22. The Morgan fingerprint density at radius 3 is 2.79 bits per heavy atom. The molecule has 2 heterocycles. The van der Waals surface area contributed by atoms with E-state index in [1.54, 1.807) is 0 Å². The molecule has 2 fully saturated rings. The van der Waals surface area contributed by atoms with E-state index in [0.717, 1.165) is 44.9 Å². The number of likely N-dealkylation sites (tertiary alicyclic amines) is 1. The Labute approximate surface area is 117 Å². The summed E-state index contributed by atoms with van der Waals surface area (Å²) in [4.78, 5) is 14.7. The van der Waals surface area contributed by atoms with Gasteiger partial charge in [-0.25, -0.2) is 0 Å². The van der Waals surface area contributed by atoms with Crippen molar-refractivity contribution < 1.29 is 4.79 Å². The summed E-state index contributed by atoms with van der Waals surface area (Å²) in [6.45, 7) is 10.5. The molecule has 0 aliphatic carbocycles. The Balaban J connectivity index is 1.66. The maximum Gasteiger partial charge on any atom is 0.227 e. The molecular weight excluding hydrogens is 238 g/mol. The summed E-state index contributed by atoms with van der Waals surface area (Å²) in [6.07, 6.45) is 4.71. The van der Waals surface area contributed by atoms with Gasteiger partial charge in [0, 0.05) is 19.6 Å². The van der Waals surface area contributed by atoms with E-state index in [-0.39, 0.29) is 11.3 Å². The van der Waals surface area contributed by atoms with E-state index in [9.17, 15) is 4.79 Å². The molecule has 0 aromatic heterocycles. The van der Waals surface area contributed by atoms with Gasteiger partial charge in [-0.3, -0.25) is 4.79 Å². The van der Waals surface area contributed by atoms with Crippen molar-refractivity contribution in [2.75, 3.05) is 39.3 Å². The highest BCUT2D eigenvalue weighted by Crippen LogP contribution is 2.25. The maximum absolute atomic E-state index is 12.2. The molecule has 19 heavy (non-hydrogen) atoms. The zero-order chi connectivity index (χ0) is 13.7. The second-order valence-corrected chi connectivity index (χ2v) is 6.62. The Morgan fingerprint density at radius 1 is 1.42 bits per heavy atom. The van der Waals surface area contributed by atoms with E-state index in [2.05, 4.69) is 29.4 Å². The first-order valence-corrected chi connectivity index (χ1v) is 7.81. The minimum atomic E-state index is -0.200. The molecule has 4 heteroatoms. The van der Waals surface area contributed by atoms with Crippen LogP contribution in [0.25, 0.3) is 0 Å². The smallest absolute Gasteiger partial charge is 0.227 e. The minimum Gasteiger partial charge on any atom is -0.354 e. The topological polar surface area (TPSA) is 44.4 Å². The quantitative estimate of drug-likeness (QED) is 0.805. The van der Waals surface area contributed by atoms with Gasteiger partial charge in [0.15, 0.2) is 0 Å². The van der Waals surface area contributed by atoms with Crippen LogP contribution in [-0.4, -0.2) is 50.1 Å². The van der Waals surface area contributed by atoms with Gasteiger partial charge in [-0.1, -0.05) is 6.92 Å². The van der Waals surface area contributed by atoms with E-state index in [1.165, 1.54) is 25.9 Å². The van der Waals surface area contributed by atoms with E-state index >= 15 is 0 Å². The summed E-state index contributed by atoms with van der Waals surface area (Å²) < 4.78 is 0. The Hall–Kier alpha value is -0.610. The molecule has 2 aliphatic rings. The summed E-state index contributed by atoms with van der Waals surface area (Å²) in [5.74, 6) is 1.10. The standard InChI is InChI=1S/C15H29N3O/c1-13-4-9-18(10-5-13)11-8-17-14(19)15(2)6-3-7-16-12-15/h13,16H,3-12H2,1-2H3,(H,17,19). The molecule has 1 atom stereocenters. The minimum absolute atomic E-state index is 0.200. The molecule has 0 radical (unpaired) electrons. The predicted octanol–water partition coefficient (Wildman–Crippen LogP) is 1.22. The predicted molar refractivity (Wildman–Crippen MR) is 78.1 cm³/mol.